The number of fused-ring (bicyclic) bond motifs is 1. The second-order valence-electron chi connectivity index (χ2n) is 7.61. The Morgan fingerprint density at radius 3 is 2.42 bits per heavy atom. The Morgan fingerprint density at radius 2 is 1.81 bits per heavy atom. The Labute approximate surface area is 179 Å². The zero-order chi connectivity index (χ0) is 23.1. The minimum Gasteiger partial charge on any atom is -0.480 e. The number of primary amides is 1. The van der Waals surface area contributed by atoms with E-state index >= 15 is 0 Å². The number of H-pyrrole nitrogens is 1. The van der Waals surface area contributed by atoms with Gasteiger partial charge in [0.15, 0.2) is 0 Å². The smallest absolute Gasteiger partial charge is 0.326 e. The van der Waals surface area contributed by atoms with Crippen molar-refractivity contribution in [1.29, 1.82) is 0 Å². The van der Waals surface area contributed by atoms with Gasteiger partial charge in [-0.3, -0.25) is 14.4 Å². The highest BCUT2D eigenvalue weighted by molar-refractivity contribution is 5.95. The van der Waals surface area contributed by atoms with E-state index in [-0.39, 0.29) is 12.3 Å². The Balaban J connectivity index is 2.09. The molecule has 0 saturated carbocycles. The number of carboxylic acids is 1. The first-order valence-corrected chi connectivity index (χ1v) is 10.1. The van der Waals surface area contributed by atoms with E-state index in [1.165, 1.54) is 0 Å². The minimum absolute atomic E-state index is 0.200. The van der Waals surface area contributed by atoms with Gasteiger partial charge in [-0.25, -0.2) is 4.79 Å². The normalized spacial score (nSPS) is 14.9. The second-order valence-corrected chi connectivity index (χ2v) is 7.61. The van der Waals surface area contributed by atoms with Crippen LogP contribution in [-0.2, 0) is 25.6 Å². The summed E-state index contributed by atoms with van der Waals surface area (Å²) in [7, 11) is 0. The molecule has 2 aromatic rings. The molecule has 0 aliphatic carbocycles. The molecule has 0 bridgehead atoms. The van der Waals surface area contributed by atoms with Crippen LogP contribution in [0, 0.1) is 5.92 Å². The molecule has 1 aromatic heterocycles. The quantitative estimate of drug-likeness (QED) is 0.291. The van der Waals surface area contributed by atoms with Crippen LogP contribution in [0.15, 0.2) is 30.5 Å². The standard InChI is InChI=1S/C21H29N5O5/c1-3-11(2)18(21(30)31)26-20(29)16(9-17(23)27)25-19(28)14(22)8-12-10-24-15-7-5-4-6-13(12)15/h4-7,10-11,14,16,18,24H,3,8-9,22H2,1-2H3,(H2,23,27)(H,25,28)(H,26,29)(H,30,31)/t11-,14-,16-,18-/m0/s1. The molecule has 2 rings (SSSR count). The number of aliphatic carboxylic acids is 1. The maximum absolute atomic E-state index is 12.6. The van der Waals surface area contributed by atoms with Gasteiger partial charge < -0.3 is 32.2 Å². The first-order chi connectivity index (χ1) is 14.6. The van der Waals surface area contributed by atoms with Gasteiger partial charge in [-0.15, -0.1) is 0 Å². The van der Waals surface area contributed by atoms with Gasteiger partial charge in [-0.05, 0) is 24.0 Å². The molecular weight excluding hydrogens is 402 g/mol. The SMILES string of the molecule is CC[C@H](C)[C@H](NC(=O)[C@H](CC(N)=O)NC(=O)[C@@H](N)Cc1c[nH]c2ccccc12)C(=O)O. The molecule has 0 saturated heterocycles. The Morgan fingerprint density at radius 1 is 1.13 bits per heavy atom. The summed E-state index contributed by atoms with van der Waals surface area (Å²) >= 11 is 0. The summed E-state index contributed by atoms with van der Waals surface area (Å²) < 4.78 is 0. The number of carbonyl (C=O) groups is 4. The summed E-state index contributed by atoms with van der Waals surface area (Å²) in [5.74, 6) is -3.83. The zero-order valence-electron chi connectivity index (χ0n) is 17.6. The summed E-state index contributed by atoms with van der Waals surface area (Å²) in [4.78, 5) is 51.2. The zero-order valence-corrected chi connectivity index (χ0v) is 17.6. The van der Waals surface area contributed by atoms with Crippen molar-refractivity contribution in [2.24, 2.45) is 17.4 Å². The van der Waals surface area contributed by atoms with Crippen LogP contribution >= 0.6 is 0 Å². The fourth-order valence-corrected chi connectivity index (χ4v) is 3.26. The van der Waals surface area contributed by atoms with E-state index in [1.807, 2.05) is 24.3 Å². The number of rotatable bonds is 11. The van der Waals surface area contributed by atoms with E-state index in [0.29, 0.717) is 6.42 Å². The molecule has 0 unspecified atom stereocenters. The van der Waals surface area contributed by atoms with Crippen molar-refractivity contribution in [1.82, 2.24) is 15.6 Å². The van der Waals surface area contributed by atoms with Gasteiger partial charge in [0.1, 0.15) is 12.1 Å². The van der Waals surface area contributed by atoms with Crippen LogP contribution in [0.4, 0.5) is 0 Å². The number of nitrogens with one attached hydrogen (secondary N) is 3. The Bertz CT molecular complexity index is 957. The third kappa shape index (κ3) is 6.29. The monoisotopic (exact) mass is 431 g/mol. The van der Waals surface area contributed by atoms with E-state index in [2.05, 4.69) is 15.6 Å². The van der Waals surface area contributed by atoms with Crippen molar-refractivity contribution in [3.8, 4) is 0 Å². The lowest BCUT2D eigenvalue weighted by Crippen LogP contribution is -2.56. The number of carboxylic acid groups (broad SMARTS) is 1. The van der Waals surface area contributed by atoms with Gasteiger partial charge in [0.25, 0.3) is 0 Å². The number of benzene rings is 1. The molecule has 0 spiro atoms. The molecule has 0 aliphatic rings. The largest absolute Gasteiger partial charge is 0.480 e. The third-order valence-corrected chi connectivity index (χ3v) is 5.27. The molecule has 4 atom stereocenters. The average molecular weight is 431 g/mol. The van der Waals surface area contributed by atoms with Crippen LogP contribution in [0.1, 0.15) is 32.3 Å². The van der Waals surface area contributed by atoms with Gasteiger partial charge in [0.2, 0.25) is 17.7 Å². The summed E-state index contributed by atoms with van der Waals surface area (Å²) in [6.45, 7) is 3.47. The van der Waals surface area contributed by atoms with Crippen LogP contribution in [0.5, 0.6) is 0 Å². The fourth-order valence-electron chi connectivity index (χ4n) is 3.26. The van der Waals surface area contributed by atoms with E-state index in [0.717, 1.165) is 16.5 Å². The second kappa shape index (κ2) is 10.6. The lowest BCUT2D eigenvalue weighted by molar-refractivity contribution is -0.143. The molecular formula is C21H29N5O5. The number of carbonyl (C=O) groups excluding carboxylic acids is 3. The lowest BCUT2D eigenvalue weighted by atomic mass is 9.98. The number of hydrogen-bond donors (Lipinski definition) is 6. The topological polar surface area (TPSA) is 180 Å². The molecule has 1 heterocycles. The van der Waals surface area contributed by atoms with Crippen LogP contribution in [0.2, 0.25) is 0 Å². The van der Waals surface area contributed by atoms with Crippen molar-refractivity contribution in [2.45, 2.75) is 51.2 Å². The van der Waals surface area contributed by atoms with Crippen LogP contribution < -0.4 is 22.1 Å². The van der Waals surface area contributed by atoms with Crippen molar-refractivity contribution >= 4 is 34.6 Å². The number of para-hydroxylation sites is 1. The number of hydrogen-bond acceptors (Lipinski definition) is 5. The van der Waals surface area contributed by atoms with Crippen LogP contribution in [-0.4, -0.2) is 51.9 Å². The fraction of sp³-hybridized carbons (Fsp3) is 0.429. The molecule has 10 heteroatoms. The highest BCUT2D eigenvalue weighted by atomic mass is 16.4. The summed E-state index contributed by atoms with van der Waals surface area (Å²) in [6, 6.07) is 4.06. The third-order valence-electron chi connectivity index (χ3n) is 5.27. The van der Waals surface area contributed by atoms with E-state index in [4.69, 9.17) is 11.5 Å². The van der Waals surface area contributed by atoms with Gasteiger partial charge in [-0.2, -0.15) is 0 Å². The van der Waals surface area contributed by atoms with Gasteiger partial charge >= 0.3 is 5.97 Å². The van der Waals surface area contributed by atoms with E-state index in [1.54, 1.807) is 20.0 Å². The van der Waals surface area contributed by atoms with Crippen molar-refractivity contribution in [3.63, 3.8) is 0 Å². The summed E-state index contributed by atoms with van der Waals surface area (Å²) in [5.41, 5.74) is 13.0. The highest BCUT2D eigenvalue weighted by Crippen LogP contribution is 2.18. The molecule has 8 N–H and O–H groups in total. The number of aromatic amines is 1. The molecule has 3 amide bonds. The maximum atomic E-state index is 12.6. The average Bonchev–Trinajstić information content (AvgIpc) is 3.13. The summed E-state index contributed by atoms with van der Waals surface area (Å²) in [5, 5.41) is 15.1. The number of amides is 3. The molecule has 1 aromatic carbocycles. The highest BCUT2D eigenvalue weighted by Gasteiger charge is 2.31. The van der Waals surface area contributed by atoms with Gasteiger partial charge in [0, 0.05) is 17.1 Å². The Kier molecular flexibility index (Phi) is 8.14. The minimum atomic E-state index is -1.33. The number of aromatic nitrogens is 1. The van der Waals surface area contributed by atoms with Crippen LogP contribution in [0.3, 0.4) is 0 Å². The van der Waals surface area contributed by atoms with Crippen molar-refractivity contribution in [2.75, 3.05) is 0 Å². The van der Waals surface area contributed by atoms with Crippen LogP contribution in [0.25, 0.3) is 10.9 Å². The molecule has 31 heavy (non-hydrogen) atoms. The van der Waals surface area contributed by atoms with E-state index in [9.17, 15) is 24.3 Å². The summed E-state index contributed by atoms with van der Waals surface area (Å²) in [6.07, 6.45) is 1.99. The van der Waals surface area contributed by atoms with Gasteiger partial charge in [-0.1, -0.05) is 38.5 Å². The molecule has 0 aliphatic heterocycles. The van der Waals surface area contributed by atoms with Gasteiger partial charge in [0.05, 0.1) is 12.5 Å². The molecule has 10 nitrogen and oxygen atoms in total. The lowest BCUT2D eigenvalue weighted by Gasteiger charge is -2.24. The molecule has 0 radical (unpaired) electrons. The predicted octanol–water partition coefficient (Wildman–Crippen LogP) is 0.0134. The predicted molar refractivity (Wildman–Crippen MR) is 115 cm³/mol. The first kappa shape index (κ1) is 23.9. The maximum Gasteiger partial charge on any atom is 0.326 e. The number of nitrogens with two attached hydrogens (primary N) is 2. The van der Waals surface area contributed by atoms with E-state index < -0.39 is 48.2 Å². The van der Waals surface area contributed by atoms with Crippen molar-refractivity contribution in [3.05, 3.63) is 36.0 Å². The first-order valence-electron chi connectivity index (χ1n) is 10.1. The van der Waals surface area contributed by atoms with Crippen molar-refractivity contribution < 1.29 is 24.3 Å². The molecule has 168 valence electrons. The Hall–Kier alpha value is -3.40. The molecule has 0 fully saturated rings.